The van der Waals surface area contributed by atoms with Gasteiger partial charge >= 0.3 is 0 Å². The number of anilines is 1. The van der Waals surface area contributed by atoms with Crippen LogP contribution in [0.15, 0.2) is 0 Å². The van der Waals surface area contributed by atoms with E-state index in [0.717, 1.165) is 0 Å². The summed E-state index contributed by atoms with van der Waals surface area (Å²) in [6.07, 6.45) is -2.45. The Morgan fingerprint density at radius 2 is 2.29 bits per heavy atom. The lowest BCUT2D eigenvalue weighted by atomic mass is 10.2. The molecule has 0 saturated carbocycles. The SMILES string of the molecule is Cc1nn(C)c(NCCOCC(F)F)c1C#N. The highest BCUT2D eigenvalue weighted by Crippen LogP contribution is 2.16. The van der Waals surface area contributed by atoms with E-state index in [1.807, 2.05) is 6.07 Å². The highest BCUT2D eigenvalue weighted by molar-refractivity contribution is 5.54. The molecule has 0 aliphatic rings. The van der Waals surface area contributed by atoms with Crippen molar-refractivity contribution in [3.63, 3.8) is 0 Å². The van der Waals surface area contributed by atoms with Gasteiger partial charge in [-0.1, -0.05) is 0 Å². The van der Waals surface area contributed by atoms with Gasteiger partial charge in [-0.3, -0.25) is 4.68 Å². The molecule has 0 radical (unpaired) electrons. The van der Waals surface area contributed by atoms with Crippen LogP contribution >= 0.6 is 0 Å². The Kier molecular flexibility index (Phi) is 4.84. The first-order chi connectivity index (χ1) is 8.06. The van der Waals surface area contributed by atoms with Crippen molar-refractivity contribution in [1.82, 2.24) is 9.78 Å². The van der Waals surface area contributed by atoms with Gasteiger partial charge < -0.3 is 10.1 Å². The summed E-state index contributed by atoms with van der Waals surface area (Å²) in [5, 5.41) is 15.9. The predicted molar refractivity (Wildman–Crippen MR) is 58.0 cm³/mol. The molecule has 0 saturated heterocycles. The third-order valence-electron chi connectivity index (χ3n) is 2.12. The lowest BCUT2D eigenvalue weighted by Gasteiger charge is -2.07. The molecule has 0 unspecified atom stereocenters. The number of ether oxygens (including phenoxy) is 1. The molecular formula is C10H14F2N4O. The third kappa shape index (κ3) is 3.67. The summed E-state index contributed by atoms with van der Waals surface area (Å²) in [5.41, 5.74) is 1.09. The van der Waals surface area contributed by atoms with Crippen molar-refractivity contribution >= 4 is 5.82 Å². The van der Waals surface area contributed by atoms with E-state index < -0.39 is 13.0 Å². The molecule has 17 heavy (non-hydrogen) atoms. The van der Waals surface area contributed by atoms with Crippen molar-refractivity contribution in [3.8, 4) is 6.07 Å². The van der Waals surface area contributed by atoms with Crippen LogP contribution in [-0.4, -0.2) is 36.0 Å². The molecule has 1 N–H and O–H groups in total. The molecular weight excluding hydrogens is 230 g/mol. The van der Waals surface area contributed by atoms with E-state index in [1.54, 1.807) is 18.7 Å². The fourth-order valence-corrected chi connectivity index (χ4v) is 1.41. The van der Waals surface area contributed by atoms with Crippen LogP contribution < -0.4 is 5.32 Å². The Morgan fingerprint density at radius 3 is 2.88 bits per heavy atom. The highest BCUT2D eigenvalue weighted by Gasteiger charge is 2.11. The standard InChI is InChI=1S/C10H14F2N4O/c1-7-8(5-13)10(16(2)15-7)14-3-4-17-6-9(11)12/h9,14H,3-4,6H2,1-2H3. The van der Waals surface area contributed by atoms with Gasteiger partial charge in [0.1, 0.15) is 24.1 Å². The van der Waals surface area contributed by atoms with E-state index >= 15 is 0 Å². The number of nitriles is 1. The number of hydrogen-bond acceptors (Lipinski definition) is 4. The van der Waals surface area contributed by atoms with Crippen LogP contribution in [0, 0.1) is 18.3 Å². The maximum Gasteiger partial charge on any atom is 0.261 e. The molecule has 7 heteroatoms. The van der Waals surface area contributed by atoms with Crippen LogP contribution in [0.5, 0.6) is 0 Å². The van der Waals surface area contributed by atoms with Gasteiger partial charge in [0, 0.05) is 13.6 Å². The number of nitrogens with zero attached hydrogens (tertiary/aromatic N) is 3. The lowest BCUT2D eigenvalue weighted by Crippen LogP contribution is -2.15. The van der Waals surface area contributed by atoms with Crippen LogP contribution in [0.25, 0.3) is 0 Å². The number of aromatic nitrogens is 2. The first kappa shape index (κ1) is 13.4. The highest BCUT2D eigenvalue weighted by atomic mass is 19.3. The quantitative estimate of drug-likeness (QED) is 0.766. The zero-order valence-electron chi connectivity index (χ0n) is 9.70. The van der Waals surface area contributed by atoms with Crippen molar-refractivity contribution in [3.05, 3.63) is 11.3 Å². The van der Waals surface area contributed by atoms with Crippen LogP contribution in [0.2, 0.25) is 0 Å². The molecule has 0 spiro atoms. The van der Waals surface area contributed by atoms with Crippen molar-refractivity contribution in [1.29, 1.82) is 5.26 Å². The minimum absolute atomic E-state index is 0.152. The second-order valence-corrected chi connectivity index (χ2v) is 3.44. The average Bonchev–Trinajstić information content (AvgIpc) is 2.52. The summed E-state index contributed by atoms with van der Waals surface area (Å²) in [7, 11) is 1.70. The van der Waals surface area contributed by atoms with E-state index in [0.29, 0.717) is 23.6 Å². The van der Waals surface area contributed by atoms with Gasteiger partial charge in [0.25, 0.3) is 6.43 Å². The summed E-state index contributed by atoms with van der Waals surface area (Å²) in [5.74, 6) is 0.575. The van der Waals surface area contributed by atoms with Gasteiger partial charge in [-0.05, 0) is 6.92 Å². The molecule has 0 amide bonds. The molecule has 5 nitrogen and oxygen atoms in total. The number of hydrogen-bond donors (Lipinski definition) is 1. The number of rotatable bonds is 6. The van der Waals surface area contributed by atoms with Crippen LogP contribution in [-0.2, 0) is 11.8 Å². The molecule has 0 aliphatic carbocycles. The largest absolute Gasteiger partial charge is 0.374 e. The number of alkyl halides is 2. The lowest BCUT2D eigenvalue weighted by molar-refractivity contribution is 0.0214. The van der Waals surface area contributed by atoms with Crippen molar-refractivity contribution in [2.45, 2.75) is 13.3 Å². The minimum atomic E-state index is -2.45. The summed E-state index contributed by atoms with van der Waals surface area (Å²) >= 11 is 0. The molecule has 0 aromatic carbocycles. The fourth-order valence-electron chi connectivity index (χ4n) is 1.41. The average molecular weight is 244 g/mol. The Bertz CT molecular complexity index is 411. The molecule has 1 heterocycles. The maximum atomic E-state index is 11.8. The van der Waals surface area contributed by atoms with E-state index in [9.17, 15) is 8.78 Å². The Morgan fingerprint density at radius 1 is 1.59 bits per heavy atom. The molecule has 1 rings (SSSR count). The molecule has 0 aliphatic heterocycles. The molecule has 1 aromatic rings. The first-order valence-corrected chi connectivity index (χ1v) is 5.09. The van der Waals surface area contributed by atoms with Gasteiger partial charge in [-0.2, -0.15) is 10.4 Å². The van der Waals surface area contributed by atoms with E-state index in [4.69, 9.17) is 10.00 Å². The van der Waals surface area contributed by atoms with Gasteiger partial charge in [0.05, 0.1) is 12.3 Å². The molecule has 0 bridgehead atoms. The molecule has 0 atom stereocenters. The smallest absolute Gasteiger partial charge is 0.261 e. The summed E-state index contributed by atoms with van der Waals surface area (Å²) in [6.45, 7) is 1.66. The fraction of sp³-hybridized carbons (Fsp3) is 0.600. The second kappa shape index (κ2) is 6.15. The topological polar surface area (TPSA) is 62.9 Å². The van der Waals surface area contributed by atoms with E-state index in [2.05, 4.69) is 10.4 Å². The number of nitrogens with one attached hydrogen (secondary N) is 1. The second-order valence-electron chi connectivity index (χ2n) is 3.44. The zero-order valence-corrected chi connectivity index (χ0v) is 9.70. The summed E-state index contributed by atoms with van der Waals surface area (Å²) in [6, 6.07) is 2.04. The molecule has 1 aromatic heterocycles. The van der Waals surface area contributed by atoms with Gasteiger partial charge in [0.2, 0.25) is 0 Å². The summed E-state index contributed by atoms with van der Waals surface area (Å²) in [4.78, 5) is 0. The minimum Gasteiger partial charge on any atom is -0.374 e. The number of aryl methyl sites for hydroxylation is 2. The normalized spacial score (nSPS) is 10.6. The van der Waals surface area contributed by atoms with Crippen LogP contribution in [0.4, 0.5) is 14.6 Å². The van der Waals surface area contributed by atoms with Gasteiger partial charge in [-0.15, -0.1) is 0 Å². The Balaban J connectivity index is 2.44. The van der Waals surface area contributed by atoms with E-state index in [1.165, 1.54) is 0 Å². The van der Waals surface area contributed by atoms with Crippen molar-refractivity contribution in [2.24, 2.45) is 7.05 Å². The van der Waals surface area contributed by atoms with Crippen LogP contribution in [0.3, 0.4) is 0 Å². The predicted octanol–water partition coefficient (Wildman–Crippen LogP) is 1.29. The van der Waals surface area contributed by atoms with Gasteiger partial charge in [0.15, 0.2) is 0 Å². The molecule has 94 valence electrons. The van der Waals surface area contributed by atoms with E-state index in [-0.39, 0.29) is 6.61 Å². The van der Waals surface area contributed by atoms with Crippen molar-refractivity contribution in [2.75, 3.05) is 25.1 Å². The van der Waals surface area contributed by atoms with Crippen LogP contribution in [0.1, 0.15) is 11.3 Å². The van der Waals surface area contributed by atoms with Gasteiger partial charge in [-0.25, -0.2) is 8.78 Å². The van der Waals surface area contributed by atoms with Crippen molar-refractivity contribution < 1.29 is 13.5 Å². The first-order valence-electron chi connectivity index (χ1n) is 5.09. The zero-order chi connectivity index (χ0) is 12.8. The Hall–Kier alpha value is -1.68. The third-order valence-corrected chi connectivity index (χ3v) is 2.12. The Labute approximate surface area is 98.0 Å². The summed E-state index contributed by atoms with van der Waals surface area (Å²) < 4.78 is 29.8. The maximum absolute atomic E-state index is 11.8. The molecule has 0 fully saturated rings. The number of halogens is 2. The monoisotopic (exact) mass is 244 g/mol.